The van der Waals surface area contributed by atoms with Crippen LogP contribution >= 0.6 is 23.5 Å². The summed E-state index contributed by atoms with van der Waals surface area (Å²) in [5, 5.41) is 44.3. The molecular formula is C21H27N9O18P3+. The highest BCUT2D eigenvalue weighted by atomic mass is 31.3. The molecule has 0 radical (unpaired) electrons. The van der Waals surface area contributed by atoms with Gasteiger partial charge in [0, 0.05) is 4.91 Å². The van der Waals surface area contributed by atoms with Crippen LogP contribution in [0.2, 0.25) is 0 Å². The van der Waals surface area contributed by atoms with Crippen LogP contribution in [0.15, 0.2) is 36.2 Å². The number of pyridine rings is 1. The molecule has 0 aliphatic carbocycles. The number of aromatic nitrogens is 5. The number of azide groups is 1. The van der Waals surface area contributed by atoms with Gasteiger partial charge in [-0.1, -0.05) is 5.11 Å². The van der Waals surface area contributed by atoms with Crippen molar-refractivity contribution in [2.45, 2.75) is 49.1 Å². The lowest BCUT2D eigenvalue weighted by Crippen LogP contribution is -2.46. The number of carboxylic acids is 1. The highest BCUT2D eigenvalue weighted by molar-refractivity contribution is 7.61. The predicted molar refractivity (Wildman–Crippen MR) is 158 cm³/mol. The average Bonchev–Trinajstić information content (AvgIpc) is 3.68. The number of fused-ring (bicyclic) bond motifs is 1. The molecule has 30 heteroatoms. The number of aliphatic hydroxyl groups excluding tert-OH is 3. The molecule has 2 aliphatic rings. The maximum atomic E-state index is 12.6. The van der Waals surface area contributed by atoms with Gasteiger partial charge in [-0.3, -0.25) is 18.1 Å². The Balaban J connectivity index is 1.22. The molecule has 5 heterocycles. The maximum Gasteiger partial charge on any atom is 0.481 e. The molecule has 0 amide bonds. The molecule has 3 aromatic heterocycles. The molecule has 0 spiro atoms. The van der Waals surface area contributed by atoms with Crippen LogP contribution in [-0.4, -0.2) is 115 Å². The molecule has 2 fully saturated rings. The Morgan fingerprint density at radius 3 is 2.25 bits per heavy atom. The lowest BCUT2D eigenvalue weighted by Gasteiger charge is -2.22. The van der Waals surface area contributed by atoms with E-state index in [2.05, 4.69) is 42.9 Å². The molecule has 2 saturated heterocycles. The normalized spacial score (nSPS) is 29.0. The van der Waals surface area contributed by atoms with Gasteiger partial charge < -0.3 is 55.2 Å². The number of phosphoric ester groups is 3. The molecule has 0 saturated carbocycles. The third-order valence-electron chi connectivity index (χ3n) is 7.15. The highest BCUT2D eigenvalue weighted by Crippen LogP contribution is 2.61. The van der Waals surface area contributed by atoms with E-state index in [0.29, 0.717) is 0 Å². The van der Waals surface area contributed by atoms with E-state index in [9.17, 15) is 58.5 Å². The van der Waals surface area contributed by atoms with Gasteiger partial charge in [0.1, 0.15) is 53.6 Å². The van der Waals surface area contributed by atoms with E-state index in [1.54, 1.807) is 0 Å². The monoisotopic (exact) mass is 786 g/mol. The fourth-order valence-corrected chi connectivity index (χ4v) is 7.63. The van der Waals surface area contributed by atoms with E-state index >= 15 is 0 Å². The van der Waals surface area contributed by atoms with Crippen LogP contribution in [0.4, 0.5) is 11.5 Å². The second-order valence-corrected chi connectivity index (χ2v) is 14.8. The number of imidazole rings is 1. The van der Waals surface area contributed by atoms with E-state index in [1.807, 2.05) is 0 Å². The summed E-state index contributed by atoms with van der Waals surface area (Å²) in [4.78, 5) is 64.8. The van der Waals surface area contributed by atoms with Crippen LogP contribution in [0.25, 0.3) is 21.6 Å². The molecule has 0 bridgehead atoms. The summed E-state index contributed by atoms with van der Waals surface area (Å²) in [6, 6.07) is 1.01. The van der Waals surface area contributed by atoms with Gasteiger partial charge in [-0.2, -0.15) is 8.88 Å². The van der Waals surface area contributed by atoms with Crippen molar-refractivity contribution in [3.63, 3.8) is 0 Å². The second-order valence-electron chi connectivity index (χ2n) is 10.6. The number of aliphatic hydroxyl groups is 3. The number of nitrogen functional groups attached to an aromatic ring is 1. The fraction of sp³-hybridized carbons (Fsp3) is 0.476. The number of nitrogens with zero attached hydrogens (tertiary/aromatic N) is 8. The first-order valence-electron chi connectivity index (χ1n) is 13.8. The van der Waals surface area contributed by atoms with Crippen molar-refractivity contribution in [3.8, 4) is 0 Å². The third-order valence-corrected chi connectivity index (χ3v) is 10.3. The van der Waals surface area contributed by atoms with Crippen LogP contribution in [-0.2, 0) is 41.1 Å². The second kappa shape index (κ2) is 14.8. The summed E-state index contributed by atoms with van der Waals surface area (Å²) in [5.41, 5.74) is 13.9. The summed E-state index contributed by atoms with van der Waals surface area (Å²) < 4.78 is 68.1. The number of ether oxygens (including phenoxy) is 2. The number of hydrogen-bond donors (Lipinski definition) is 9. The lowest BCUT2D eigenvalue weighted by molar-refractivity contribution is -0.765. The van der Waals surface area contributed by atoms with Crippen molar-refractivity contribution in [3.05, 3.63) is 47.1 Å². The SMILES string of the molecule is [N-]=[N+]=Nc1cc(C(=O)O)c[n+]([C@@H]2O[C@H](COP(=O)(O)OP(=O)(O)OC[C@H]3O[C@@H](n4cnc5c(N)ncnc54)[C@H](OP(=O)(O)O)[C@@H]3O)[C@@H](O)[C@H]2O)c1. The summed E-state index contributed by atoms with van der Waals surface area (Å²) >= 11 is 0. The van der Waals surface area contributed by atoms with Gasteiger partial charge in [0.25, 0.3) is 6.23 Å². The molecule has 278 valence electrons. The van der Waals surface area contributed by atoms with E-state index in [-0.39, 0.29) is 22.7 Å². The van der Waals surface area contributed by atoms with E-state index in [4.69, 9.17) is 20.7 Å². The zero-order valence-electron chi connectivity index (χ0n) is 25.1. The minimum absolute atomic E-state index is 0.0180. The van der Waals surface area contributed by atoms with Crippen molar-refractivity contribution in [1.82, 2.24) is 19.5 Å². The Hall–Kier alpha value is -3.55. The fourth-order valence-electron chi connectivity index (χ4n) is 4.99. The zero-order valence-corrected chi connectivity index (χ0v) is 27.8. The minimum Gasteiger partial charge on any atom is -0.477 e. The smallest absolute Gasteiger partial charge is 0.477 e. The Labute approximate surface area is 282 Å². The van der Waals surface area contributed by atoms with Crippen molar-refractivity contribution < 1.29 is 90.4 Å². The molecule has 3 aromatic rings. The van der Waals surface area contributed by atoms with E-state index < -0.39 is 97.3 Å². The average molecular weight is 786 g/mol. The molecule has 5 rings (SSSR count). The number of hydrogen-bond acceptors (Lipinski definition) is 18. The van der Waals surface area contributed by atoms with Gasteiger partial charge in [-0.15, -0.1) is 0 Å². The number of carboxylic acid groups (broad SMARTS) is 1. The minimum atomic E-state index is -5.59. The van der Waals surface area contributed by atoms with Crippen molar-refractivity contribution in [1.29, 1.82) is 0 Å². The van der Waals surface area contributed by atoms with Crippen LogP contribution in [0.5, 0.6) is 0 Å². The van der Waals surface area contributed by atoms with E-state index in [0.717, 1.165) is 40.2 Å². The maximum absolute atomic E-state index is 12.6. The predicted octanol–water partition coefficient (Wildman–Crippen LogP) is -1.36. The summed E-state index contributed by atoms with van der Waals surface area (Å²) in [6.45, 7) is -2.18. The number of anilines is 1. The Bertz CT molecular complexity index is 1970. The van der Waals surface area contributed by atoms with Crippen molar-refractivity contribution >= 4 is 52.1 Å². The van der Waals surface area contributed by atoms with Crippen molar-refractivity contribution in [2.24, 2.45) is 5.11 Å². The topological polar surface area (TPSA) is 408 Å². The van der Waals surface area contributed by atoms with Gasteiger partial charge in [-0.05, 0) is 11.6 Å². The van der Waals surface area contributed by atoms with Crippen LogP contribution in [0, 0.1) is 0 Å². The van der Waals surface area contributed by atoms with Gasteiger partial charge in [0.15, 0.2) is 36.2 Å². The number of rotatable bonds is 14. The molecule has 10 N–H and O–H groups in total. The Morgan fingerprint density at radius 2 is 1.65 bits per heavy atom. The van der Waals surface area contributed by atoms with Gasteiger partial charge in [-0.25, -0.2) is 33.4 Å². The number of nitrogens with two attached hydrogens (primary N) is 1. The summed E-state index contributed by atoms with van der Waals surface area (Å²) in [6.07, 6.45) is -9.81. The zero-order chi connectivity index (χ0) is 37.5. The number of carbonyl (C=O) groups is 1. The molecule has 2 unspecified atom stereocenters. The largest absolute Gasteiger partial charge is 0.481 e. The Morgan fingerprint density at radius 1 is 1.00 bits per heavy atom. The van der Waals surface area contributed by atoms with Gasteiger partial charge in [0.05, 0.1) is 19.5 Å². The van der Waals surface area contributed by atoms with Crippen LogP contribution in [0.1, 0.15) is 22.8 Å². The van der Waals surface area contributed by atoms with Gasteiger partial charge >= 0.3 is 29.4 Å². The molecule has 10 atom stereocenters. The van der Waals surface area contributed by atoms with E-state index in [1.165, 1.54) is 0 Å². The first-order valence-corrected chi connectivity index (χ1v) is 18.3. The van der Waals surface area contributed by atoms with Crippen molar-refractivity contribution in [2.75, 3.05) is 18.9 Å². The van der Waals surface area contributed by atoms with Crippen LogP contribution in [0.3, 0.4) is 0 Å². The molecule has 0 aromatic carbocycles. The quantitative estimate of drug-likeness (QED) is 0.0299. The number of phosphoric acid groups is 3. The molecule has 27 nitrogen and oxygen atoms in total. The molecule has 51 heavy (non-hydrogen) atoms. The first-order chi connectivity index (χ1) is 23.8. The third kappa shape index (κ3) is 8.92. The first kappa shape index (κ1) is 38.7. The summed E-state index contributed by atoms with van der Waals surface area (Å²) in [5.74, 6) is -1.52. The summed E-state index contributed by atoms with van der Waals surface area (Å²) in [7, 11) is -16.4. The highest BCUT2D eigenvalue weighted by Gasteiger charge is 2.51. The molecular weight excluding hydrogens is 759 g/mol. The standard InChI is InChI=1S/C21H26N9O18P3/c22-17-12-18(25-6-24-17)30(7-26-12)20-16(47-49(36,37)38)14(32)11(46-20)5-44-51(41,42)48-50(39,40)43-4-10-13(31)15(33)19(45-10)29-2-8(21(34)35)1-9(3-29)27-28-23/h1-3,6-7,10-11,13-16,19-20,31-33H,4-5H2,(H6-,22,24,25,34,35,36,37,38,39,40,41,42)/p+1/t10-,11-,13-,14-,15-,16-,19-,20-/m1/s1. The number of aromatic carboxylic acids is 1. The van der Waals surface area contributed by atoms with Crippen LogP contribution < -0.4 is 10.3 Å². The van der Waals surface area contributed by atoms with Gasteiger partial charge in [0.2, 0.25) is 0 Å². The molecule has 2 aliphatic heterocycles. The Kier molecular flexibility index (Phi) is 11.2. The lowest BCUT2D eigenvalue weighted by atomic mass is 10.1.